The lowest BCUT2D eigenvalue weighted by Crippen LogP contribution is -2.51. The fourth-order valence-corrected chi connectivity index (χ4v) is 3.88. The highest BCUT2D eigenvalue weighted by Crippen LogP contribution is 2.22. The number of aromatic nitrogens is 3. The first-order valence-corrected chi connectivity index (χ1v) is 11.6. The molecule has 0 radical (unpaired) electrons. The van der Waals surface area contributed by atoms with E-state index in [0.29, 0.717) is 23.1 Å². The molecule has 0 aliphatic heterocycles. The molecule has 12 nitrogen and oxygen atoms in total. The molecule has 0 bridgehead atoms. The van der Waals surface area contributed by atoms with Gasteiger partial charge in [-0.15, -0.1) is 21.5 Å². The topological polar surface area (TPSA) is 167 Å². The van der Waals surface area contributed by atoms with Crippen molar-refractivity contribution in [3.63, 3.8) is 0 Å². The fourth-order valence-electron chi connectivity index (χ4n) is 3.06. The van der Waals surface area contributed by atoms with Crippen LogP contribution >= 0.6 is 11.3 Å². The number of benzene rings is 1. The highest BCUT2D eigenvalue weighted by molar-refractivity contribution is 7.15. The summed E-state index contributed by atoms with van der Waals surface area (Å²) in [6.45, 7) is 3.26. The number of amides is 3. The predicted octanol–water partition coefficient (Wildman–Crippen LogP) is 0.956. The SMILES string of the molecule is CN(CC(N)=O)C(=O)OCc1csc2nnc([C@@H](COCc3ccccc3)NC(=O)C(C)(C)N)n12. The minimum atomic E-state index is -1.13. The van der Waals surface area contributed by atoms with E-state index in [1.165, 1.54) is 18.4 Å². The number of thiazole rings is 1. The van der Waals surface area contributed by atoms with E-state index < -0.39 is 23.6 Å². The molecule has 0 fully saturated rings. The number of primary amides is 1. The normalized spacial score (nSPS) is 12.3. The second kappa shape index (κ2) is 11.3. The van der Waals surface area contributed by atoms with E-state index in [2.05, 4.69) is 15.5 Å². The standard InChI is InChI=1S/C22H29N7O5S/c1-22(2,24)19(31)25-16(12-33-10-14-7-5-4-6-8-14)18-26-27-20-29(18)15(13-35-20)11-34-21(32)28(3)9-17(23)30/h4-8,13,16H,9-12,24H2,1-3H3,(H2,23,30)(H,25,31)/t16-/m1/s1. The Morgan fingerprint density at radius 1 is 1.20 bits per heavy atom. The number of nitrogens with one attached hydrogen (secondary N) is 1. The average molecular weight is 504 g/mol. The molecule has 0 saturated heterocycles. The van der Waals surface area contributed by atoms with E-state index in [1.54, 1.807) is 23.6 Å². The fraction of sp³-hybridized carbons (Fsp3) is 0.409. The summed E-state index contributed by atoms with van der Waals surface area (Å²) in [5.41, 5.74) is 11.5. The summed E-state index contributed by atoms with van der Waals surface area (Å²) < 4.78 is 12.9. The summed E-state index contributed by atoms with van der Waals surface area (Å²) in [6.07, 6.45) is -0.710. The van der Waals surface area contributed by atoms with Gasteiger partial charge in [-0.2, -0.15) is 0 Å². The summed E-state index contributed by atoms with van der Waals surface area (Å²) in [5, 5.41) is 13.1. The van der Waals surface area contributed by atoms with Crippen LogP contribution in [0.5, 0.6) is 0 Å². The van der Waals surface area contributed by atoms with Crippen LogP contribution in [-0.4, -0.2) is 63.1 Å². The summed E-state index contributed by atoms with van der Waals surface area (Å²) in [6, 6.07) is 8.94. The number of ether oxygens (including phenoxy) is 2. The summed E-state index contributed by atoms with van der Waals surface area (Å²) in [7, 11) is 1.41. The van der Waals surface area contributed by atoms with E-state index >= 15 is 0 Å². The molecule has 3 amide bonds. The zero-order chi connectivity index (χ0) is 25.6. The first kappa shape index (κ1) is 26.1. The van der Waals surface area contributed by atoms with Crippen LogP contribution in [0.2, 0.25) is 0 Å². The molecule has 0 saturated carbocycles. The molecule has 2 aromatic heterocycles. The Labute approximate surface area is 206 Å². The molecule has 0 aliphatic rings. The zero-order valence-electron chi connectivity index (χ0n) is 19.8. The van der Waals surface area contributed by atoms with Crippen molar-refractivity contribution < 1.29 is 23.9 Å². The lowest BCUT2D eigenvalue weighted by molar-refractivity contribution is -0.126. The van der Waals surface area contributed by atoms with Gasteiger partial charge in [0, 0.05) is 12.4 Å². The summed E-state index contributed by atoms with van der Waals surface area (Å²) >= 11 is 1.30. The second-order valence-corrected chi connectivity index (χ2v) is 9.37. The number of fused-ring (bicyclic) bond motifs is 1. The predicted molar refractivity (Wildman–Crippen MR) is 128 cm³/mol. The highest BCUT2D eigenvalue weighted by Gasteiger charge is 2.29. The molecule has 0 unspecified atom stereocenters. The molecule has 13 heteroatoms. The van der Waals surface area contributed by atoms with Crippen LogP contribution in [-0.2, 0) is 32.3 Å². The molecule has 35 heavy (non-hydrogen) atoms. The Morgan fingerprint density at radius 3 is 2.57 bits per heavy atom. The molecule has 188 valence electrons. The summed E-state index contributed by atoms with van der Waals surface area (Å²) in [4.78, 5) is 37.5. The largest absolute Gasteiger partial charge is 0.443 e. The quantitative estimate of drug-likeness (QED) is 0.348. The molecule has 0 spiro atoms. The Kier molecular flexibility index (Phi) is 8.38. The number of nitrogens with two attached hydrogens (primary N) is 2. The van der Waals surface area contributed by atoms with Crippen LogP contribution < -0.4 is 16.8 Å². The van der Waals surface area contributed by atoms with Crippen LogP contribution in [0.4, 0.5) is 4.79 Å². The molecular weight excluding hydrogens is 474 g/mol. The van der Waals surface area contributed by atoms with Crippen LogP contribution in [0.25, 0.3) is 4.96 Å². The van der Waals surface area contributed by atoms with Gasteiger partial charge in [-0.05, 0) is 19.4 Å². The monoisotopic (exact) mass is 503 g/mol. The highest BCUT2D eigenvalue weighted by atomic mass is 32.1. The Balaban J connectivity index is 1.80. The third kappa shape index (κ3) is 6.97. The smallest absolute Gasteiger partial charge is 0.410 e. The average Bonchev–Trinajstić information content (AvgIpc) is 3.39. The minimum absolute atomic E-state index is 0.105. The van der Waals surface area contributed by atoms with Gasteiger partial charge in [-0.3, -0.25) is 14.0 Å². The van der Waals surface area contributed by atoms with Crippen LogP contribution in [0.15, 0.2) is 35.7 Å². The third-order valence-electron chi connectivity index (χ3n) is 4.89. The van der Waals surface area contributed by atoms with Crippen molar-refractivity contribution in [3.8, 4) is 0 Å². The number of carbonyl (C=O) groups excluding carboxylic acids is 3. The minimum Gasteiger partial charge on any atom is -0.443 e. The van der Waals surface area contributed by atoms with Crippen molar-refractivity contribution >= 4 is 34.2 Å². The van der Waals surface area contributed by atoms with Gasteiger partial charge in [0.1, 0.15) is 19.2 Å². The molecular formula is C22H29N7O5S. The number of nitrogens with zero attached hydrogens (tertiary/aromatic N) is 4. The number of likely N-dealkylation sites (N-methyl/N-ethyl adjacent to an activating group) is 1. The van der Waals surface area contributed by atoms with Gasteiger partial charge in [0.2, 0.25) is 16.8 Å². The molecule has 5 N–H and O–H groups in total. The Hall–Kier alpha value is -3.55. The van der Waals surface area contributed by atoms with Crippen LogP contribution in [0.3, 0.4) is 0 Å². The maximum absolute atomic E-state index is 12.7. The number of hydrogen-bond donors (Lipinski definition) is 3. The van der Waals surface area contributed by atoms with Gasteiger partial charge in [0.05, 0.1) is 24.4 Å². The Morgan fingerprint density at radius 2 is 1.91 bits per heavy atom. The third-order valence-corrected chi connectivity index (χ3v) is 5.76. The molecule has 0 aliphatic carbocycles. The number of carbonyl (C=O) groups is 3. The van der Waals surface area contributed by atoms with Gasteiger partial charge in [-0.1, -0.05) is 30.3 Å². The van der Waals surface area contributed by atoms with E-state index in [4.69, 9.17) is 20.9 Å². The summed E-state index contributed by atoms with van der Waals surface area (Å²) in [5.74, 6) is -0.636. The van der Waals surface area contributed by atoms with Crippen molar-refractivity contribution in [1.82, 2.24) is 24.8 Å². The maximum atomic E-state index is 12.7. The van der Waals surface area contributed by atoms with E-state index in [0.717, 1.165) is 10.5 Å². The van der Waals surface area contributed by atoms with Crippen molar-refractivity contribution in [2.45, 2.75) is 38.6 Å². The van der Waals surface area contributed by atoms with Crippen molar-refractivity contribution in [2.24, 2.45) is 11.5 Å². The van der Waals surface area contributed by atoms with Gasteiger partial charge < -0.3 is 31.2 Å². The lowest BCUT2D eigenvalue weighted by Gasteiger charge is -2.23. The molecule has 2 heterocycles. The van der Waals surface area contributed by atoms with Gasteiger partial charge >= 0.3 is 6.09 Å². The molecule has 1 atom stereocenters. The van der Waals surface area contributed by atoms with Gasteiger partial charge in [0.25, 0.3) is 0 Å². The molecule has 3 aromatic rings. The molecule has 1 aromatic carbocycles. The van der Waals surface area contributed by atoms with Crippen LogP contribution in [0.1, 0.15) is 37.0 Å². The Bertz CT molecular complexity index is 1170. The number of rotatable bonds is 11. The first-order chi connectivity index (χ1) is 16.6. The van der Waals surface area contributed by atoms with Gasteiger partial charge in [-0.25, -0.2) is 4.79 Å². The zero-order valence-corrected chi connectivity index (χ0v) is 20.6. The lowest BCUT2D eigenvalue weighted by atomic mass is 10.1. The van der Waals surface area contributed by atoms with Crippen molar-refractivity contribution in [1.29, 1.82) is 0 Å². The van der Waals surface area contributed by atoms with Crippen LogP contribution in [0, 0.1) is 0 Å². The van der Waals surface area contributed by atoms with Crippen molar-refractivity contribution in [2.75, 3.05) is 20.2 Å². The molecule has 3 rings (SSSR count). The van der Waals surface area contributed by atoms with Gasteiger partial charge in [0.15, 0.2) is 5.82 Å². The van der Waals surface area contributed by atoms with E-state index in [1.807, 2.05) is 30.3 Å². The van der Waals surface area contributed by atoms with E-state index in [9.17, 15) is 14.4 Å². The van der Waals surface area contributed by atoms with E-state index in [-0.39, 0.29) is 25.7 Å². The number of hydrogen-bond acceptors (Lipinski definition) is 9. The first-order valence-electron chi connectivity index (χ1n) is 10.8. The van der Waals surface area contributed by atoms with Crippen molar-refractivity contribution in [3.05, 3.63) is 52.8 Å². The maximum Gasteiger partial charge on any atom is 0.410 e. The second-order valence-electron chi connectivity index (χ2n) is 8.53.